The van der Waals surface area contributed by atoms with Gasteiger partial charge in [0.15, 0.2) is 16.4 Å². The minimum atomic E-state index is -3.10. The van der Waals surface area contributed by atoms with Crippen molar-refractivity contribution >= 4 is 32.6 Å². The van der Waals surface area contributed by atoms with Crippen molar-refractivity contribution in [2.24, 2.45) is 5.92 Å². The fraction of sp³-hybridized carbons (Fsp3) is 0.500. The molecule has 0 radical (unpaired) electrons. The van der Waals surface area contributed by atoms with Crippen LogP contribution in [0.2, 0.25) is 0 Å². The van der Waals surface area contributed by atoms with E-state index in [1.165, 1.54) is 0 Å². The number of carbonyl (C=O) groups is 2. The van der Waals surface area contributed by atoms with Gasteiger partial charge in [-0.15, -0.1) is 0 Å². The number of aromatic nitrogens is 1. The van der Waals surface area contributed by atoms with E-state index in [4.69, 9.17) is 4.74 Å². The molecule has 1 aromatic carbocycles. The van der Waals surface area contributed by atoms with Crippen molar-refractivity contribution in [2.75, 3.05) is 24.7 Å². The van der Waals surface area contributed by atoms with E-state index in [2.05, 4.69) is 4.98 Å². The highest BCUT2D eigenvalue weighted by molar-refractivity contribution is 7.91. The minimum Gasteiger partial charge on any atom is -0.456 e. The van der Waals surface area contributed by atoms with Gasteiger partial charge in [-0.05, 0) is 24.5 Å². The SMILES string of the molecule is CC(C)CN(C(=O)COC(=O)CCc1ccc2ccccc2n1)C1CCS(=O)(=O)C1. The zero-order valence-corrected chi connectivity index (χ0v) is 18.2. The van der Waals surface area contributed by atoms with Crippen LogP contribution in [0.25, 0.3) is 10.9 Å². The molecule has 1 atom stereocenters. The van der Waals surface area contributed by atoms with Gasteiger partial charge in [0.05, 0.1) is 23.4 Å². The largest absolute Gasteiger partial charge is 0.456 e. The van der Waals surface area contributed by atoms with Crippen LogP contribution in [0.1, 0.15) is 32.4 Å². The summed E-state index contributed by atoms with van der Waals surface area (Å²) in [7, 11) is -3.10. The van der Waals surface area contributed by atoms with Crippen LogP contribution >= 0.6 is 0 Å². The number of fused-ring (bicyclic) bond motifs is 1. The lowest BCUT2D eigenvalue weighted by molar-refractivity contribution is -0.153. The third-order valence-corrected chi connectivity index (χ3v) is 6.88. The van der Waals surface area contributed by atoms with Gasteiger partial charge in [-0.1, -0.05) is 38.1 Å². The number of aryl methyl sites for hydroxylation is 1. The molecule has 2 aromatic rings. The third-order valence-electron chi connectivity index (χ3n) is 5.13. The maximum absolute atomic E-state index is 12.6. The molecule has 1 aromatic heterocycles. The number of hydrogen-bond acceptors (Lipinski definition) is 6. The Morgan fingerprint density at radius 2 is 1.97 bits per heavy atom. The Kier molecular flexibility index (Phi) is 7.07. The minimum absolute atomic E-state index is 0.0208. The summed E-state index contributed by atoms with van der Waals surface area (Å²) in [6.45, 7) is 4.00. The summed E-state index contributed by atoms with van der Waals surface area (Å²) in [6, 6.07) is 11.3. The lowest BCUT2D eigenvalue weighted by Gasteiger charge is -2.29. The van der Waals surface area contributed by atoms with E-state index in [9.17, 15) is 18.0 Å². The second kappa shape index (κ2) is 9.55. The lowest BCUT2D eigenvalue weighted by Crippen LogP contribution is -2.45. The van der Waals surface area contributed by atoms with Crippen molar-refractivity contribution < 1.29 is 22.7 Å². The number of hydrogen-bond donors (Lipinski definition) is 0. The summed E-state index contributed by atoms with van der Waals surface area (Å²) >= 11 is 0. The fourth-order valence-electron chi connectivity index (χ4n) is 3.64. The Bertz CT molecular complexity index is 1020. The van der Waals surface area contributed by atoms with E-state index in [1.807, 2.05) is 50.2 Å². The Hall–Kier alpha value is -2.48. The average Bonchev–Trinajstić information content (AvgIpc) is 3.07. The Morgan fingerprint density at radius 1 is 1.20 bits per heavy atom. The van der Waals surface area contributed by atoms with Crippen LogP contribution in [-0.4, -0.2) is 60.9 Å². The van der Waals surface area contributed by atoms with Gasteiger partial charge in [-0.2, -0.15) is 0 Å². The van der Waals surface area contributed by atoms with Gasteiger partial charge >= 0.3 is 5.97 Å². The molecule has 1 aliphatic rings. The van der Waals surface area contributed by atoms with Gasteiger partial charge in [0.1, 0.15) is 0 Å². The molecule has 1 aliphatic heterocycles. The molecule has 0 N–H and O–H groups in total. The smallest absolute Gasteiger partial charge is 0.306 e. The lowest BCUT2D eigenvalue weighted by atomic mass is 10.1. The topological polar surface area (TPSA) is 93.6 Å². The highest BCUT2D eigenvalue weighted by Crippen LogP contribution is 2.19. The maximum Gasteiger partial charge on any atom is 0.306 e. The summed E-state index contributed by atoms with van der Waals surface area (Å²) in [5.41, 5.74) is 1.66. The van der Waals surface area contributed by atoms with Crippen LogP contribution in [0.3, 0.4) is 0 Å². The number of carbonyl (C=O) groups excluding carboxylic acids is 2. The van der Waals surface area contributed by atoms with Crippen LogP contribution in [0.4, 0.5) is 0 Å². The van der Waals surface area contributed by atoms with Crippen LogP contribution in [0.15, 0.2) is 36.4 Å². The first-order chi connectivity index (χ1) is 14.2. The predicted octanol–water partition coefficient (Wildman–Crippen LogP) is 2.38. The summed E-state index contributed by atoms with van der Waals surface area (Å²) < 4.78 is 28.8. The van der Waals surface area contributed by atoms with Crippen molar-refractivity contribution in [1.82, 2.24) is 9.88 Å². The molecule has 2 heterocycles. The normalized spacial score (nSPS) is 17.9. The monoisotopic (exact) mass is 432 g/mol. The van der Waals surface area contributed by atoms with Crippen molar-refractivity contribution in [1.29, 1.82) is 0 Å². The summed E-state index contributed by atoms with van der Waals surface area (Å²) in [5.74, 6) is -0.553. The summed E-state index contributed by atoms with van der Waals surface area (Å²) in [6.07, 6.45) is 0.984. The number of sulfone groups is 1. The van der Waals surface area contributed by atoms with E-state index in [0.29, 0.717) is 19.4 Å². The van der Waals surface area contributed by atoms with E-state index >= 15 is 0 Å². The van der Waals surface area contributed by atoms with Gasteiger partial charge < -0.3 is 9.64 Å². The standard InChI is InChI=1S/C22H28N2O5S/c1-16(2)13-24(19-11-12-30(27,28)15-19)21(25)14-29-22(26)10-9-18-8-7-17-5-3-4-6-20(17)23-18/h3-8,16,19H,9-15H2,1-2H3. The predicted molar refractivity (Wildman–Crippen MR) is 115 cm³/mol. The molecule has 3 rings (SSSR count). The molecule has 30 heavy (non-hydrogen) atoms. The molecule has 0 bridgehead atoms. The zero-order valence-electron chi connectivity index (χ0n) is 17.4. The first-order valence-electron chi connectivity index (χ1n) is 10.2. The molecular weight excluding hydrogens is 404 g/mol. The molecular formula is C22H28N2O5S. The highest BCUT2D eigenvalue weighted by atomic mass is 32.2. The number of nitrogens with zero attached hydrogens (tertiary/aromatic N) is 2. The number of para-hydroxylation sites is 1. The van der Waals surface area contributed by atoms with Crippen molar-refractivity contribution in [3.63, 3.8) is 0 Å². The third kappa shape index (κ3) is 6.01. The van der Waals surface area contributed by atoms with E-state index < -0.39 is 15.8 Å². The number of esters is 1. The quantitative estimate of drug-likeness (QED) is 0.595. The number of ether oxygens (including phenoxy) is 1. The zero-order chi connectivity index (χ0) is 21.7. The Labute approximate surface area is 177 Å². The number of benzene rings is 1. The van der Waals surface area contributed by atoms with Gasteiger partial charge in [-0.3, -0.25) is 14.6 Å². The molecule has 0 aliphatic carbocycles. The van der Waals surface area contributed by atoms with Gasteiger partial charge in [0, 0.05) is 30.1 Å². The van der Waals surface area contributed by atoms with Crippen LogP contribution in [0.5, 0.6) is 0 Å². The first-order valence-corrected chi connectivity index (χ1v) is 12.1. The van der Waals surface area contributed by atoms with Crippen molar-refractivity contribution in [3.8, 4) is 0 Å². The van der Waals surface area contributed by atoms with Crippen molar-refractivity contribution in [2.45, 2.75) is 39.2 Å². The molecule has 8 heteroatoms. The molecule has 1 amide bonds. The molecule has 162 valence electrons. The number of pyridine rings is 1. The second-order valence-electron chi connectivity index (χ2n) is 8.15. The molecule has 1 fully saturated rings. The summed E-state index contributed by atoms with van der Waals surface area (Å²) in [4.78, 5) is 30.9. The Morgan fingerprint density at radius 3 is 2.67 bits per heavy atom. The van der Waals surface area contributed by atoms with Crippen LogP contribution < -0.4 is 0 Å². The van der Waals surface area contributed by atoms with Gasteiger partial charge in [-0.25, -0.2) is 8.42 Å². The molecule has 0 saturated carbocycles. The highest BCUT2D eigenvalue weighted by Gasteiger charge is 2.35. The maximum atomic E-state index is 12.6. The number of amides is 1. The molecule has 1 unspecified atom stereocenters. The second-order valence-corrected chi connectivity index (χ2v) is 10.4. The average molecular weight is 433 g/mol. The van der Waals surface area contributed by atoms with E-state index in [-0.39, 0.29) is 42.4 Å². The Balaban J connectivity index is 1.52. The molecule has 7 nitrogen and oxygen atoms in total. The van der Waals surface area contributed by atoms with E-state index in [0.717, 1.165) is 16.6 Å². The fourth-order valence-corrected chi connectivity index (χ4v) is 5.37. The molecule has 0 spiro atoms. The van der Waals surface area contributed by atoms with E-state index in [1.54, 1.807) is 4.90 Å². The molecule has 1 saturated heterocycles. The van der Waals surface area contributed by atoms with Crippen LogP contribution in [0, 0.1) is 5.92 Å². The number of rotatable bonds is 8. The van der Waals surface area contributed by atoms with Crippen molar-refractivity contribution in [3.05, 3.63) is 42.1 Å². The first kappa shape index (κ1) is 22.2. The summed E-state index contributed by atoms with van der Waals surface area (Å²) in [5, 5.41) is 1.04. The van der Waals surface area contributed by atoms with Gasteiger partial charge in [0.2, 0.25) is 0 Å². The van der Waals surface area contributed by atoms with Crippen LogP contribution in [-0.2, 0) is 30.6 Å². The van der Waals surface area contributed by atoms with Gasteiger partial charge in [0.25, 0.3) is 5.91 Å².